The van der Waals surface area contributed by atoms with Crippen LogP contribution in [-0.2, 0) is 48.2 Å². The van der Waals surface area contributed by atoms with E-state index in [1.54, 1.807) is 66.7 Å². The number of amides is 6. The highest BCUT2D eigenvalue weighted by Crippen LogP contribution is 2.39. The normalized spacial score (nSPS) is 21.3. The lowest BCUT2D eigenvalue weighted by Gasteiger charge is -2.43. The molecule has 3 aromatic rings. The Morgan fingerprint density at radius 2 is 1.43 bits per heavy atom. The van der Waals surface area contributed by atoms with Gasteiger partial charge in [-0.1, -0.05) is 97.1 Å². The van der Waals surface area contributed by atoms with E-state index in [1.807, 2.05) is 0 Å². The van der Waals surface area contributed by atoms with Gasteiger partial charge in [0.15, 0.2) is 0 Å². The minimum Gasteiger partial charge on any atom is -0.445 e. The summed E-state index contributed by atoms with van der Waals surface area (Å²) in [5, 5.41) is 12.0. The molecule has 0 aromatic heterocycles. The van der Waals surface area contributed by atoms with Crippen LogP contribution in [0.1, 0.15) is 36.0 Å². The fourth-order valence-electron chi connectivity index (χ4n) is 6.16. The maximum absolute atomic E-state index is 15.8. The van der Waals surface area contributed by atoms with Crippen molar-refractivity contribution in [2.45, 2.75) is 68.6 Å². The Morgan fingerprint density at radius 3 is 2.02 bits per heavy atom. The van der Waals surface area contributed by atoms with E-state index < -0.39 is 78.4 Å². The van der Waals surface area contributed by atoms with Crippen LogP contribution in [0.5, 0.6) is 0 Å². The number of halogens is 3. The number of hydrogen-bond acceptors (Lipinski definition) is 7. The molecule has 0 spiro atoms. The minimum atomic E-state index is -5.44. The molecule has 1 saturated heterocycles. The van der Waals surface area contributed by atoms with Crippen LogP contribution in [0.2, 0.25) is 0 Å². The monoisotopic (exact) mass is 778 g/mol. The van der Waals surface area contributed by atoms with Gasteiger partial charge in [-0.15, -0.1) is 6.58 Å². The summed E-state index contributed by atoms with van der Waals surface area (Å²) in [6.07, 6.45) is -6.69. The van der Waals surface area contributed by atoms with E-state index >= 15 is 13.2 Å². The van der Waals surface area contributed by atoms with Crippen molar-refractivity contribution in [1.82, 2.24) is 31.5 Å². The zero-order valence-electron chi connectivity index (χ0n) is 30.8. The Balaban J connectivity index is 1.71. The van der Waals surface area contributed by atoms with Crippen LogP contribution >= 0.6 is 0 Å². The smallest absolute Gasteiger partial charge is 0.421 e. The Bertz CT molecular complexity index is 1830. The molecular formula is C40H45F3N6O7. The molecule has 1 fully saturated rings. The summed E-state index contributed by atoms with van der Waals surface area (Å²) in [4.78, 5) is 81.5. The number of nitrogens with one attached hydrogen (secondary N) is 5. The Morgan fingerprint density at radius 1 is 0.839 bits per heavy atom. The summed E-state index contributed by atoms with van der Waals surface area (Å²) < 4.78 is 52.5. The molecule has 0 bridgehead atoms. The number of carbonyl (C=O) groups is 6. The number of alkyl halides is 3. The van der Waals surface area contributed by atoms with Crippen molar-refractivity contribution in [3.8, 4) is 0 Å². The SMILES string of the molecule is C=CC[C@@H]1NC(=O)CNC(=O)[C@H](CCCNC(=O)OCc2ccccc2)NC(=O)C(Cc2ccccc2)(C(F)(F)F)N(C)C(=O)[C@@H](Cc2ccccc2)NC1=O. The average molecular weight is 779 g/mol. The number of alkyl carbamates (subject to hydrolysis) is 1. The number of carbonyl (C=O) groups excluding carboxylic acids is 6. The van der Waals surface area contributed by atoms with Gasteiger partial charge < -0.3 is 36.2 Å². The van der Waals surface area contributed by atoms with Gasteiger partial charge in [0.2, 0.25) is 29.2 Å². The van der Waals surface area contributed by atoms with Crippen molar-refractivity contribution >= 4 is 35.6 Å². The number of hydrogen-bond donors (Lipinski definition) is 5. The second-order valence-electron chi connectivity index (χ2n) is 13.2. The van der Waals surface area contributed by atoms with Crippen molar-refractivity contribution in [3.63, 3.8) is 0 Å². The highest BCUT2D eigenvalue weighted by Gasteiger charge is 2.65. The molecule has 13 nitrogen and oxygen atoms in total. The summed E-state index contributed by atoms with van der Waals surface area (Å²) in [5.74, 6) is -5.75. The van der Waals surface area contributed by atoms with E-state index in [9.17, 15) is 28.8 Å². The van der Waals surface area contributed by atoms with E-state index in [1.165, 1.54) is 30.3 Å². The zero-order chi connectivity index (χ0) is 40.7. The molecule has 16 heteroatoms. The van der Waals surface area contributed by atoms with Gasteiger partial charge in [0.25, 0.3) is 5.91 Å². The molecule has 0 aliphatic carbocycles. The van der Waals surface area contributed by atoms with Gasteiger partial charge in [-0.3, -0.25) is 24.0 Å². The third-order valence-corrected chi connectivity index (χ3v) is 9.20. The fourth-order valence-corrected chi connectivity index (χ4v) is 6.16. The number of benzene rings is 3. The lowest BCUT2D eigenvalue weighted by Crippen LogP contribution is -2.71. The van der Waals surface area contributed by atoms with Crippen molar-refractivity contribution in [3.05, 3.63) is 120 Å². The quantitative estimate of drug-likeness (QED) is 0.139. The molecule has 4 atom stereocenters. The molecule has 56 heavy (non-hydrogen) atoms. The van der Waals surface area contributed by atoms with E-state index in [4.69, 9.17) is 4.74 Å². The van der Waals surface area contributed by atoms with Gasteiger partial charge in [-0.25, -0.2) is 4.79 Å². The first-order chi connectivity index (χ1) is 26.7. The van der Waals surface area contributed by atoms with Crippen LogP contribution < -0.4 is 26.6 Å². The van der Waals surface area contributed by atoms with Crippen molar-refractivity contribution in [1.29, 1.82) is 0 Å². The van der Waals surface area contributed by atoms with Gasteiger partial charge in [0.1, 0.15) is 24.7 Å². The predicted molar refractivity (Wildman–Crippen MR) is 199 cm³/mol. The first kappa shape index (κ1) is 42.6. The fraction of sp³-hybridized carbons (Fsp3) is 0.350. The maximum Gasteiger partial charge on any atom is 0.421 e. The first-order valence-corrected chi connectivity index (χ1v) is 17.9. The highest BCUT2D eigenvalue weighted by molar-refractivity contribution is 5.99. The summed E-state index contributed by atoms with van der Waals surface area (Å²) in [5.41, 5.74) is -2.35. The van der Waals surface area contributed by atoms with Crippen molar-refractivity contribution in [2.75, 3.05) is 20.1 Å². The van der Waals surface area contributed by atoms with E-state index in [2.05, 4.69) is 33.2 Å². The second kappa shape index (κ2) is 19.9. The van der Waals surface area contributed by atoms with E-state index in [0.717, 1.165) is 12.6 Å². The number of likely N-dealkylation sites (N-methyl/N-ethyl adjacent to an activating group) is 1. The van der Waals surface area contributed by atoms with Gasteiger partial charge in [0.05, 0.1) is 6.54 Å². The van der Waals surface area contributed by atoms with Gasteiger partial charge in [-0.2, -0.15) is 13.2 Å². The van der Waals surface area contributed by atoms with Crippen molar-refractivity contribution < 1.29 is 46.7 Å². The Kier molecular flexibility index (Phi) is 15.1. The lowest BCUT2D eigenvalue weighted by atomic mass is 9.85. The molecule has 4 rings (SSSR count). The summed E-state index contributed by atoms with van der Waals surface area (Å²) >= 11 is 0. The molecular weight excluding hydrogens is 733 g/mol. The molecule has 5 N–H and O–H groups in total. The topological polar surface area (TPSA) is 175 Å². The largest absolute Gasteiger partial charge is 0.445 e. The Hall–Kier alpha value is -6.19. The van der Waals surface area contributed by atoms with Crippen LogP contribution in [0.15, 0.2) is 104 Å². The summed E-state index contributed by atoms with van der Waals surface area (Å²) in [6, 6.07) is 19.7. The summed E-state index contributed by atoms with van der Waals surface area (Å²) in [6.45, 7) is 2.77. The van der Waals surface area contributed by atoms with Crippen LogP contribution in [-0.4, -0.2) is 90.5 Å². The zero-order valence-corrected chi connectivity index (χ0v) is 30.8. The molecule has 0 radical (unpaired) electrons. The highest BCUT2D eigenvalue weighted by atomic mass is 19.4. The molecule has 3 aromatic carbocycles. The van der Waals surface area contributed by atoms with Gasteiger partial charge >= 0.3 is 12.3 Å². The average Bonchev–Trinajstić information content (AvgIpc) is 3.18. The minimum absolute atomic E-state index is 0.0238. The second-order valence-corrected chi connectivity index (χ2v) is 13.2. The van der Waals surface area contributed by atoms with Crippen LogP contribution in [0.4, 0.5) is 18.0 Å². The molecule has 1 heterocycles. The third kappa shape index (κ3) is 11.4. The number of ether oxygens (including phenoxy) is 1. The van der Waals surface area contributed by atoms with Crippen molar-refractivity contribution in [2.24, 2.45) is 0 Å². The first-order valence-electron chi connectivity index (χ1n) is 17.9. The Labute approximate surface area is 322 Å². The molecule has 1 aliphatic rings. The molecule has 298 valence electrons. The number of rotatable bonds is 12. The summed E-state index contributed by atoms with van der Waals surface area (Å²) in [7, 11) is 0.823. The standard InChI is InChI=1S/C40H45F3N6O7/c1-3-14-30-35(52)47-32(23-27-15-7-4-8-16-27)36(53)49(2)39(40(41,42)43,24-28-17-9-5-10-18-28)37(54)48-31(34(51)45-25-33(50)46-30)21-13-22-44-38(55)56-26-29-19-11-6-12-20-29/h3-12,15-20,30-32H,1,13-14,21-26H2,2H3,(H,44,55)(H,45,51)(H,46,50)(H,47,52)(H,48,54)/t30-,31-,32+,39?/m0/s1. The predicted octanol–water partition coefficient (Wildman–Crippen LogP) is 3.10. The third-order valence-electron chi connectivity index (χ3n) is 9.20. The molecule has 1 aliphatic heterocycles. The van der Waals surface area contributed by atoms with Gasteiger partial charge in [-0.05, 0) is 36.0 Å². The van der Waals surface area contributed by atoms with Crippen LogP contribution in [0.3, 0.4) is 0 Å². The van der Waals surface area contributed by atoms with Crippen LogP contribution in [0, 0.1) is 0 Å². The van der Waals surface area contributed by atoms with E-state index in [-0.39, 0.29) is 49.3 Å². The molecule has 1 unspecified atom stereocenters. The van der Waals surface area contributed by atoms with Crippen LogP contribution in [0.25, 0.3) is 0 Å². The maximum atomic E-state index is 15.8. The van der Waals surface area contributed by atoms with Gasteiger partial charge in [0, 0.05) is 26.4 Å². The molecule has 6 amide bonds. The number of nitrogens with zero attached hydrogens (tertiary/aromatic N) is 1. The van der Waals surface area contributed by atoms with E-state index in [0.29, 0.717) is 5.56 Å². The lowest BCUT2D eigenvalue weighted by molar-refractivity contribution is -0.227. The molecule has 0 saturated carbocycles.